The first-order chi connectivity index (χ1) is 7.69. The van der Waals surface area contributed by atoms with Gasteiger partial charge in [0.25, 0.3) is 5.91 Å². The van der Waals surface area contributed by atoms with E-state index < -0.39 is 0 Å². The summed E-state index contributed by atoms with van der Waals surface area (Å²) >= 11 is 5.70. The second kappa shape index (κ2) is 4.72. The van der Waals surface area contributed by atoms with Crippen LogP contribution in [0.3, 0.4) is 0 Å². The van der Waals surface area contributed by atoms with Crippen molar-refractivity contribution in [1.29, 1.82) is 0 Å². The molecule has 0 bridgehead atoms. The van der Waals surface area contributed by atoms with E-state index in [9.17, 15) is 4.79 Å². The summed E-state index contributed by atoms with van der Waals surface area (Å²) in [6.07, 6.45) is 0. The molecule has 1 aromatic rings. The van der Waals surface area contributed by atoms with Crippen LogP contribution >= 0.6 is 11.6 Å². The van der Waals surface area contributed by atoms with Crippen LogP contribution in [0.1, 0.15) is 5.56 Å². The molecule has 4 nitrogen and oxygen atoms in total. The molecule has 1 aliphatic heterocycles. The van der Waals surface area contributed by atoms with Crippen LogP contribution in [0.25, 0.3) is 0 Å². The van der Waals surface area contributed by atoms with Crippen LogP contribution in [0.2, 0.25) is 0 Å². The largest absolute Gasteiger partial charge is 0.482 e. The van der Waals surface area contributed by atoms with E-state index in [2.05, 4.69) is 5.32 Å². The van der Waals surface area contributed by atoms with Crippen molar-refractivity contribution in [3.05, 3.63) is 23.8 Å². The maximum absolute atomic E-state index is 11.1. The first-order valence-electron chi connectivity index (χ1n) is 4.99. The fourth-order valence-corrected chi connectivity index (χ4v) is 1.67. The van der Waals surface area contributed by atoms with Gasteiger partial charge in [-0.1, -0.05) is 6.07 Å². The maximum atomic E-state index is 11.1. The van der Waals surface area contributed by atoms with Crippen molar-refractivity contribution >= 4 is 23.2 Å². The predicted octanol–water partition coefficient (Wildman–Crippen LogP) is 1.65. The van der Waals surface area contributed by atoms with Gasteiger partial charge < -0.3 is 10.1 Å². The minimum atomic E-state index is -0.115. The number of hydrogen-bond donors (Lipinski definition) is 1. The molecule has 0 saturated heterocycles. The van der Waals surface area contributed by atoms with Crippen LogP contribution in [0, 0.1) is 0 Å². The third kappa shape index (κ3) is 2.46. The molecule has 1 heterocycles. The van der Waals surface area contributed by atoms with Crippen molar-refractivity contribution in [3.63, 3.8) is 0 Å². The zero-order chi connectivity index (χ0) is 11.5. The lowest BCUT2D eigenvalue weighted by molar-refractivity contribution is -0.118. The molecular weight excluding hydrogens is 228 g/mol. The first-order valence-corrected chi connectivity index (χ1v) is 5.52. The zero-order valence-corrected chi connectivity index (χ0v) is 9.75. The van der Waals surface area contributed by atoms with Crippen molar-refractivity contribution in [3.8, 4) is 5.75 Å². The number of carbonyl (C=O) groups is 1. The summed E-state index contributed by atoms with van der Waals surface area (Å²) in [4.78, 5) is 13.1. The molecule has 1 aliphatic rings. The lowest BCUT2D eigenvalue weighted by atomic mass is 10.1. The Bertz CT molecular complexity index is 409. The summed E-state index contributed by atoms with van der Waals surface area (Å²) in [5.74, 6) is 0.604. The van der Waals surface area contributed by atoms with Gasteiger partial charge in [0.15, 0.2) is 6.61 Å². The molecular formula is C11H13ClN2O2. The molecule has 2 rings (SSSR count). The minimum absolute atomic E-state index is 0.0912. The van der Waals surface area contributed by atoms with Crippen molar-refractivity contribution < 1.29 is 9.53 Å². The average molecular weight is 241 g/mol. The van der Waals surface area contributed by atoms with Crippen LogP contribution in [0.5, 0.6) is 5.75 Å². The SMILES string of the molecule is CN(CCl)Cc1ccc2c(c1)NC(=O)CO2. The Morgan fingerprint density at radius 2 is 2.38 bits per heavy atom. The Morgan fingerprint density at radius 1 is 1.56 bits per heavy atom. The topological polar surface area (TPSA) is 41.6 Å². The van der Waals surface area contributed by atoms with Gasteiger partial charge in [-0.05, 0) is 24.7 Å². The highest BCUT2D eigenvalue weighted by Crippen LogP contribution is 2.28. The van der Waals surface area contributed by atoms with Crippen LogP contribution < -0.4 is 10.1 Å². The number of ether oxygens (including phenoxy) is 1. The van der Waals surface area contributed by atoms with E-state index >= 15 is 0 Å². The summed E-state index contributed by atoms with van der Waals surface area (Å²) in [7, 11) is 1.93. The number of nitrogens with one attached hydrogen (secondary N) is 1. The van der Waals surface area contributed by atoms with Crippen molar-refractivity contribution in [2.75, 3.05) is 25.0 Å². The second-order valence-electron chi connectivity index (χ2n) is 3.80. The first kappa shape index (κ1) is 11.2. The van der Waals surface area contributed by atoms with Crippen molar-refractivity contribution in [2.45, 2.75) is 6.54 Å². The Morgan fingerprint density at radius 3 is 3.12 bits per heavy atom. The lowest BCUT2D eigenvalue weighted by Crippen LogP contribution is -2.25. The molecule has 0 radical (unpaired) electrons. The molecule has 0 fully saturated rings. The quantitative estimate of drug-likeness (QED) is 0.645. The van der Waals surface area contributed by atoms with Gasteiger partial charge in [-0.2, -0.15) is 0 Å². The molecule has 86 valence electrons. The van der Waals surface area contributed by atoms with Gasteiger partial charge in [-0.25, -0.2) is 0 Å². The summed E-state index contributed by atoms with van der Waals surface area (Å²) in [6, 6.07) is 6.22. The number of benzene rings is 1. The number of fused-ring (bicyclic) bond motifs is 1. The predicted molar refractivity (Wildman–Crippen MR) is 62.8 cm³/mol. The number of amides is 1. The molecule has 0 spiro atoms. The number of anilines is 1. The summed E-state index contributed by atoms with van der Waals surface area (Å²) in [6.45, 7) is 0.834. The molecule has 0 aromatic heterocycles. The number of carbonyl (C=O) groups excluding carboxylic acids is 1. The lowest BCUT2D eigenvalue weighted by Gasteiger charge is -2.19. The molecule has 5 heteroatoms. The van der Waals surface area contributed by atoms with E-state index in [-0.39, 0.29) is 12.5 Å². The van der Waals surface area contributed by atoms with Crippen LogP contribution in [-0.4, -0.2) is 30.5 Å². The number of nitrogens with zero attached hydrogens (tertiary/aromatic N) is 1. The van der Waals surface area contributed by atoms with Gasteiger partial charge in [0.05, 0.1) is 11.7 Å². The second-order valence-corrected chi connectivity index (χ2v) is 4.04. The third-order valence-corrected chi connectivity index (χ3v) is 2.74. The molecule has 0 unspecified atom stereocenters. The molecule has 16 heavy (non-hydrogen) atoms. The minimum Gasteiger partial charge on any atom is -0.482 e. The van der Waals surface area contributed by atoms with E-state index in [4.69, 9.17) is 16.3 Å². The van der Waals surface area contributed by atoms with Gasteiger partial charge in [-0.3, -0.25) is 9.69 Å². The molecule has 0 aliphatic carbocycles. The van der Waals surface area contributed by atoms with Gasteiger partial charge >= 0.3 is 0 Å². The summed E-state index contributed by atoms with van der Waals surface area (Å²) in [5, 5.41) is 2.78. The molecule has 1 amide bonds. The Balaban J connectivity index is 2.18. The van der Waals surface area contributed by atoms with Crippen LogP contribution in [-0.2, 0) is 11.3 Å². The normalized spacial score (nSPS) is 14.3. The van der Waals surface area contributed by atoms with Crippen molar-refractivity contribution in [1.82, 2.24) is 4.90 Å². The number of rotatable bonds is 3. The van der Waals surface area contributed by atoms with E-state index in [1.807, 2.05) is 30.1 Å². The Labute approximate surface area is 99.1 Å². The highest BCUT2D eigenvalue weighted by Gasteiger charge is 2.15. The highest BCUT2D eigenvalue weighted by molar-refractivity contribution is 6.17. The number of hydrogen-bond acceptors (Lipinski definition) is 3. The maximum Gasteiger partial charge on any atom is 0.262 e. The Hall–Kier alpha value is -1.26. The smallest absolute Gasteiger partial charge is 0.262 e. The molecule has 1 aromatic carbocycles. The Kier molecular flexibility index (Phi) is 3.31. The zero-order valence-electron chi connectivity index (χ0n) is 9.00. The number of alkyl halides is 1. The van der Waals surface area contributed by atoms with E-state index in [0.29, 0.717) is 6.00 Å². The highest BCUT2D eigenvalue weighted by atomic mass is 35.5. The third-order valence-electron chi connectivity index (χ3n) is 2.33. The van der Waals surface area contributed by atoms with E-state index in [0.717, 1.165) is 23.5 Å². The van der Waals surface area contributed by atoms with Crippen molar-refractivity contribution in [2.24, 2.45) is 0 Å². The molecule has 0 saturated carbocycles. The average Bonchev–Trinajstić information content (AvgIpc) is 2.28. The van der Waals surface area contributed by atoms with E-state index in [1.54, 1.807) is 0 Å². The van der Waals surface area contributed by atoms with E-state index in [1.165, 1.54) is 0 Å². The van der Waals surface area contributed by atoms with Gasteiger partial charge in [0, 0.05) is 6.54 Å². The molecule has 1 N–H and O–H groups in total. The van der Waals surface area contributed by atoms with Gasteiger partial charge in [0.2, 0.25) is 0 Å². The fraction of sp³-hybridized carbons (Fsp3) is 0.364. The van der Waals surface area contributed by atoms with Crippen LogP contribution in [0.15, 0.2) is 18.2 Å². The van der Waals surface area contributed by atoms with Gasteiger partial charge in [0.1, 0.15) is 5.75 Å². The number of halogens is 1. The van der Waals surface area contributed by atoms with Crippen LogP contribution in [0.4, 0.5) is 5.69 Å². The fourth-order valence-electron chi connectivity index (χ4n) is 1.58. The monoisotopic (exact) mass is 240 g/mol. The summed E-state index contributed by atoms with van der Waals surface area (Å²) in [5.41, 5.74) is 1.82. The summed E-state index contributed by atoms with van der Waals surface area (Å²) < 4.78 is 5.27. The molecule has 0 atom stereocenters. The van der Waals surface area contributed by atoms with Gasteiger partial charge in [-0.15, -0.1) is 11.6 Å². The standard InChI is InChI=1S/C11H13ClN2O2/c1-14(7-12)5-8-2-3-10-9(4-8)13-11(15)6-16-10/h2-4H,5-7H2,1H3,(H,13,15).